The van der Waals surface area contributed by atoms with Gasteiger partial charge in [0.15, 0.2) is 9.84 Å². The Morgan fingerprint density at radius 2 is 2.06 bits per heavy atom. The molecule has 1 heterocycles. The van der Waals surface area contributed by atoms with Crippen LogP contribution in [0.2, 0.25) is 0 Å². The minimum atomic E-state index is -3.04. The third kappa shape index (κ3) is 4.38. The molecule has 4 nitrogen and oxygen atoms in total. The van der Waals surface area contributed by atoms with Crippen LogP contribution in [0.25, 0.3) is 0 Å². The van der Waals surface area contributed by atoms with Crippen LogP contribution < -0.4 is 5.32 Å². The van der Waals surface area contributed by atoms with Gasteiger partial charge in [-0.15, -0.1) is 0 Å². The standard InChI is InChI=1S/C13H22N2O2S/c1-5-14-13(11(3)18(4,16)17)8-12-7-6-10(2)9-15-12/h6-7,9,11,13-14H,5,8H2,1-4H3. The van der Waals surface area contributed by atoms with Gasteiger partial charge in [-0.25, -0.2) is 8.42 Å². The number of aromatic nitrogens is 1. The second kappa shape index (κ2) is 6.29. The van der Waals surface area contributed by atoms with Gasteiger partial charge in [-0.2, -0.15) is 0 Å². The second-order valence-electron chi connectivity index (χ2n) is 4.73. The highest BCUT2D eigenvalue weighted by Gasteiger charge is 2.25. The number of rotatable bonds is 6. The lowest BCUT2D eigenvalue weighted by atomic mass is 10.1. The van der Waals surface area contributed by atoms with Crippen molar-refractivity contribution < 1.29 is 8.42 Å². The van der Waals surface area contributed by atoms with Gasteiger partial charge >= 0.3 is 0 Å². The number of sulfone groups is 1. The molecule has 102 valence electrons. The Hall–Kier alpha value is -0.940. The van der Waals surface area contributed by atoms with Crippen molar-refractivity contribution in [2.45, 2.75) is 38.5 Å². The van der Waals surface area contributed by atoms with Crippen molar-refractivity contribution in [1.29, 1.82) is 0 Å². The molecule has 0 bridgehead atoms. The molecule has 18 heavy (non-hydrogen) atoms. The summed E-state index contributed by atoms with van der Waals surface area (Å²) >= 11 is 0. The molecule has 1 aromatic heterocycles. The third-order valence-electron chi connectivity index (χ3n) is 3.11. The molecule has 5 heteroatoms. The average molecular weight is 270 g/mol. The van der Waals surface area contributed by atoms with E-state index in [1.807, 2.05) is 32.2 Å². The first-order chi connectivity index (χ1) is 8.34. The van der Waals surface area contributed by atoms with Crippen molar-refractivity contribution in [3.8, 4) is 0 Å². The summed E-state index contributed by atoms with van der Waals surface area (Å²) < 4.78 is 23.3. The van der Waals surface area contributed by atoms with Gasteiger partial charge in [0.25, 0.3) is 0 Å². The smallest absolute Gasteiger partial charge is 0.151 e. The zero-order chi connectivity index (χ0) is 13.8. The van der Waals surface area contributed by atoms with Crippen molar-refractivity contribution in [3.63, 3.8) is 0 Å². The van der Waals surface area contributed by atoms with Crippen LogP contribution in [0.15, 0.2) is 18.3 Å². The van der Waals surface area contributed by atoms with Crippen molar-refractivity contribution in [2.75, 3.05) is 12.8 Å². The van der Waals surface area contributed by atoms with Gasteiger partial charge in [-0.1, -0.05) is 13.0 Å². The number of hydrogen-bond acceptors (Lipinski definition) is 4. The maximum atomic E-state index is 11.6. The summed E-state index contributed by atoms with van der Waals surface area (Å²) in [6.45, 7) is 6.45. The fraction of sp³-hybridized carbons (Fsp3) is 0.615. The van der Waals surface area contributed by atoms with Crippen LogP contribution in [0.1, 0.15) is 25.1 Å². The molecule has 0 radical (unpaired) electrons. The van der Waals surface area contributed by atoms with Crippen molar-refractivity contribution in [3.05, 3.63) is 29.6 Å². The molecule has 0 amide bonds. The number of nitrogens with one attached hydrogen (secondary N) is 1. The first kappa shape index (κ1) is 15.1. The van der Waals surface area contributed by atoms with E-state index >= 15 is 0 Å². The van der Waals surface area contributed by atoms with E-state index in [1.54, 1.807) is 6.92 Å². The Bertz CT molecular complexity index is 468. The third-order valence-corrected chi connectivity index (χ3v) is 4.79. The molecule has 2 unspecified atom stereocenters. The summed E-state index contributed by atoms with van der Waals surface area (Å²) in [5.74, 6) is 0. The van der Waals surface area contributed by atoms with Crippen LogP contribution in [0, 0.1) is 6.92 Å². The van der Waals surface area contributed by atoms with Gasteiger partial charge in [-0.05, 0) is 32.0 Å². The highest BCUT2D eigenvalue weighted by molar-refractivity contribution is 7.91. The normalized spacial score (nSPS) is 15.3. The van der Waals surface area contributed by atoms with E-state index in [0.29, 0.717) is 6.42 Å². The Morgan fingerprint density at radius 1 is 1.39 bits per heavy atom. The maximum Gasteiger partial charge on any atom is 0.151 e. The van der Waals surface area contributed by atoms with E-state index < -0.39 is 15.1 Å². The summed E-state index contributed by atoms with van der Waals surface area (Å²) in [6, 6.07) is 3.85. The Balaban J connectivity index is 2.83. The molecule has 2 atom stereocenters. The topological polar surface area (TPSA) is 59.1 Å². The predicted molar refractivity (Wildman–Crippen MR) is 74.4 cm³/mol. The predicted octanol–water partition coefficient (Wildman–Crippen LogP) is 1.34. The monoisotopic (exact) mass is 270 g/mol. The molecule has 0 fully saturated rings. The molecule has 0 aliphatic heterocycles. The lowest BCUT2D eigenvalue weighted by Crippen LogP contribution is -2.43. The van der Waals surface area contributed by atoms with E-state index in [4.69, 9.17) is 0 Å². The van der Waals surface area contributed by atoms with Crippen molar-refractivity contribution in [2.24, 2.45) is 0 Å². The lowest BCUT2D eigenvalue weighted by Gasteiger charge is -2.23. The highest BCUT2D eigenvalue weighted by atomic mass is 32.2. The second-order valence-corrected chi connectivity index (χ2v) is 7.13. The maximum absolute atomic E-state index is 11.6. The quantitative estimate of drug-likeness (QED) is 0.847. The van der Waals surface area contributed by atoms with Crippen molar-refractivity contribution >= 4 is 9.84 Å². The molecule has 0 saturated carbocycles. The summed E-state index contributed by atoms with van der Waals surface area (Å²) in [4.78, 5) is 4.33. The Morgan fingerprint density at radius 3 is 2.50 bits per heavy atom. The van der Waals surface area contributed by atoms with E-state index in [2.05, 4.69) is 10.3 Å². The number of likely N-dealkylation sites (N-methyl/N-ethyl adjacent to an activating group) is 1. The molecule has 1 rings (SSSR count). The van der Waals surface area contributed by atoms with Crippen LogP contribution in [0.4, 0.5) is 0 Å². The number of aryl methyl sites for hydroxylation is 1. The SMILES string of the molecule is CCNC(Cc1ccc(C)cn1)C(C)S(C)(=O)=O. The molecular formula is C13H22N2O2S. The molecule has 0 spiro atoms. The lowest BCUT2D eigenvalue weighted by molar-refractivity contribution is 0.490. The van der Waals surface area contributed by atoms with E-state index in [-0.39, 0.29) is 6.04 Å². The molecule has 0 aliphatic rings. The first-order valence-corrected chi connectivity index (χ1v) is 8.13. The van der Waals surface area contributed by atoms with Gasteiger partial charge in [0.05, 0.1) is 5.25 Å². The minimum absolute atomic E-state index is 0.0970. The van der Waals surface area contributed by atoms with Crippen LogP contribution in [0.5, 0.6) is 0 Å². The minimum Gasteiger partial charge on any atom is -0.313 e. The zero-order valence-corrected chi connectivity index (χ0v) is 12.3. The molecule has 0 aromatic carbocycles. The average Bonchev–Trinajstić information content (AvgIpc) is 2.29. The molecule has 1 aromatic rings. The zero-order valence-electron chi connectivity index (χ0n) is 11.5. The molecule has 1 N–H and O–H groups in total. The first-order valence-electron chi connectivity index (χ1n) is 6.18. The Kier molecular flexibility index (Phi) is 5.28. The van der Waals surface area contributed by atoms with Crippen LogP contribution in [-0.2, 0) is 16.3 Å². The van der Waals surface area contributed by atoms with Crippen LogP contribution in [-0.4, -0.2) is 37.5 Å². The van der Waals surface area contributed by atoms with Gasteiger partial charge in [-0.3, -0.25) is 4.98 Å². The van der Waals surface area contributed by atoms with Crippen molar-refractivity contribution in [1.82, 2.24) is 10.3 Å². The van der Waals surface area contributed by atoms with Gasteiger partial charge in [0.1, 0.15) is 0 Å². The summed E-state index contributed by atoms with van der Waals surface area (Å²) in [7, 11) is -3.04. The molecule has 0 aliphatic carbocycles. The fourth-order valence-electron chi connectivity index (χ4n) is 1.81. The van der Waals surface area contributed by atoms with E-state index in [1.165, 1.54) is 6.26 Å². The van der Waals surface area contributed by atoms with E-state index in [0.717, 1.165) is 17.8 Å². The van der Waals surface area contributed by atoms with Gasteiger partial charge in [0.2, 0.25) is 0 Å². The summed E-state index contributed by atoms with van der Waals surface area (Å²) in [5.41, 5.74) is 2.02. The number of hydrogen-bond donors (Lipinski definition) is 1. The van der Waals surface area contributed by atoms with Crippen LogP contribution in [0.3, 0.4) is 0 Å². The van der Waals surface area contributed by atoms with Crippen LogP contribution >= 0.6 is 0 Å². The molecular weight excluding hydrogens is 248 g/mol. The highest BCUT2D eigenvalue weighted by Crippen LogP contribution is 2.10. The molecule has 0 saturated heterocycles. The summed E-state index contributed by atoms with van der Waals surface area (Å²) in [6.07, 6.45) is 3.72. The largest absolute Gasteiger partial charge is 0.313 e. The number of pyridine rings is 1. The summed E-state index contributed by atoms with van der Waals surface area (Å²) in [5, 5.41) is 2.82. The van der Waals surface area contributed by atoms with E-state index in [9.17, 15) is 8.42 Å². The Labute approximate surface area is 110 Å². The van der Waals surface area contributed by atoms with Gasteiger partial charge in [0, 0.05) is 30.6 Å². The number of nitrogens with zero attached hydrogens (tertiary/aromatic N) is 1. The van der Waals surface area contributed by atoms with Gasteiger partial charge < -0.3 is 5.32 Å². The fourth-order valence-corrected chi connectivity index (χ4v) is 2.60.